The highest BCUT2D eigenvalue weighted by Gasteiger charge is 2.30. The number of hydrogen-bond donors (Lipinski definition) is 2. The normalized spacial score (nSPS) is 27.2. The summed E-state index contributed by atoms with van der Waals surface area (Å²) in [6, 6.07) is 6.36. The Morgan fingerprint density at radius 3 is 3.00 bits per heavy atom. The first-order valence-corrected chi connectivity index (χ1v) is 7.02. The number of anilines is 1. The first kappa shape index (κ1) is 11.8. The number of fused-ring (bicyclic) bond motifs is 1. The topological polar surface area (TPSA) is 33.3 Å². The van der Waals surface area contributed by atoms with Gasteiger partial charge >= 0.3 is 0 Å². The number of piperidine rings is 1. The van der Waals surface area contributed by atoms with Crippen LogP contribution in [-0.4, -0.2) is 25.2 Å². The molecule has 3 heteroatoms. The van der Waals surface area contributed by atoms with Gasteiger partial charge in [-0.25, -0.2) is 0 Å². The van der Waals surface area contributed by atoms with E-state index in [1.54, 1.807) is 0 Å². The fraction of sp³-hybridized carbons (Fsp3) is 0.600. The van der Waals surface area contributed by atoms with Crippen LogP contribution in [0.5, 0.6) is 5.75 Å². The van der Waals surface area contributed by atoms with Crippen molar-refractivity contribution < 1.29 is 4.74 Å². The van der Waals surface area contributed by atoms with Gasteiger partial charge in [-0.05, 0) is 51.3 Å². The molecule has 2 heterocycles. The fourth-order valence-corrected chi connectivity index (χ4v) is 2.95. The summed E-state index contributed by atoms with van der Waals surface area (Å²) in [5, 5.41) is 6.89. The standard InChI is InChI=1S/C15H22N2O/c1-15(8-4-9-16-11-15)18-14-7-2-6-13-12(14)5-3-10-17-13/h2,6-7,16-17H,3-5,8-11H2,1H3. The molecular weight excluding hydrogens is 224 g/mol. The van der Waals surface area contributed by atoms with Crippen LogP contribution in [0.3, 0.4) is 0 Å². The van der Waals surface area contributed by atoms with Crippen LogP contribution in [0.2, 0.25) is 0 Å². The predicted octanol–water partition coefficient (Wildman–Crippen LogP) is 2.57. The van der Waals surface area contributed by atoms with E-state index in [1.807, 2.05) is 0 Å². The SMILES string of the molecule is CC1(Oc2cccc3c2CCCN3)CCCNC1. The average molecular weight is 246 g/mol. The van der Waals surface area contributed by atoms with Crippen LogP contribution in [0.25, 0.3) is 0 Å². The van der Waals surface area contributed by atoms with Crippen LogP contribution in [0.15, 0.2) is 18.2 Å². The molecule has 1 fully saturated rings. The Labute approximate surface area is 109 Å². The summed E-state index contributed by atoms with van der Waals surface area (Å²) in [6.45, 7) is 5.36. The van der Waals surface area contributed by atoms with Gasteiger partial charge in [-0.3, -0.25) is 0 Å². The second-order valence-corrected chi connectivity index (χ2v) is 5.64. The summed E-state index contributed by atoms with van der Waals surface area (Å²) in [5.74, 6) is 1.07. The molecule has 0 aromatic heterocycles. The molecule has 2 N–H and O–H groups in total. The lowest BCUT2D eigenvalue weighted by Gasteiger charge is -2.36. The summed E-state index contributed by atoms with van der Waals surface area (Å²) in [4.78, 5) is 0. The highest BCUT2D eigenvalue weighted by Crippen LogP contribution is 2.34. The molecule has 0 aliphatic carbocycles. The van der Waals surface area contributed by atoms with E-state index in [2.05, 4.69) is 35.8 Å². The van der Waals surface area contributed by atoms with E-state index >= 15 is 0 Å². The fourth-order valence-electron chi connectivity index (χ4n) is 2.95. The molecule has 1 atom stereocenters. The molecule has 1 aromatic carbocycles. The minimum Gasteiger partial charge on any atom is -0.486 e. The highest BCUT2D eigenvalue weighted by molar-refractivity contribution is 5.59. The number of nitrogens with one attached hydrogen (secondary N) is 2. The van der Waals surface area contributed by atoms with Gasteiger partial charge in [-0.15, -0.1) is 0 Å². The Bertz CT molecular complexity index is 425. The molecule has 1 saturated heterocycles. The third-order valence-corrected chi connectivity index (χ3v) is 3.97. The van der Waals surface area contributed by atoms with Gasteiger partial charge in [-0.2, -0.15) is 0 Å². The Morgan fingerprint density at radius 1 is 1.22 bits per heavy atom. The molecule has 98 valence electrons. The van der Waals surface area contributed by atoms with Gasteiger partial charge in [0, 0.05) is 24.3 Å². The quantitative estimate of drug-likeness (QED) is 0.841. The number of ether oxygens (including phenoxy) is 1. The first-order valence-electron chi connectivity index (χ1n) is 7.02. The predicted molar refractivity (Wildman–Crippen MR) is 74.4 cm³/mol. The maximum atomic E-state index is 6.34. The Kier molecular flexibility index (Phi) is 3.16. The van der Waals surface area contributed by atoms with Crippen molar-refractivity contribution in [3.8, 4) is 5.75 Å². The number of hydrogen-bond acceptors (Lipinski definition) is 3. The summed E-state index contributed by atoms with van der Waals surface area (Å²) in [7, 11) is 0. The first-order chi connectivity index (χ1) is 8.77. The van der Waals surface area contributed by atoms with E-state index < -0.39 is 0 Å². The zero-order valence-electron chi connectivity index (χ0n) is 11.1. The van der Waals surface area contributed by atoms with Gasteiger partial charge < -0.3 is 15.4 Å². The van der Waals surface area contributed by atoms with Crippen molar-refractivity contribution in [2.24, 2.45) is 0 Å². The molecule has 1 unspecified atom stereocenters. The molecule has 0 bridgehead atoms. The van der Waals surface area contributed by atoms with Crippen LogP contribution < -0.4 is 15.4 Å². The van der Waals surface area contributed by atoms with Crippen molar-refractivity contribution in [1.82, 2.24) is 5.32 Å². The molecule has 18 heavy (non-hydrogen) atoms. The van der Waals surface area contributed by atoms with E-state index in [-0.39, 0.29) is 5.60 Å². The molecule has 3 nitrogen and oxygen atoms in total. The Morgan fingerprint density at radius 2 is 2.17 bits per heavy atom. The van der Waals surface area contributed by atoms with E-state index in [0.29, 0.717) is 0 Å². The molecule has 0 amide bonds. The molecule has 0 saturated carbocycles. The van der Waals surface area contributed by atoms with Crippen molar-refractivity contribution >= 4 is 5.69 Å². The van der Waals surface area contributed by atoms with E-state index in [1.165, 1.54) is 24.1 Å². The van der Waals surface area contributed by atoms with E-state index in [0.717, 1.165) is 38.2 Å². The van der Waals surface area contributed by atoms with Gasteiger partial charge in [0.2, 0.25) is 0 Å². The third kappa shape index (κ3) is 2.32. The zero-order valence-corrected chi connectivity index (χ0v) is 11.1. The maximum absolute atomic E-state index is 6.34. The van der Waals surface area contributed by atoms with E-state index in [9.17, 15) is 0 Å². The minimum absolute atomic E-state index is 0.0508. The third-order valence-electron chi connectivity index (χ3n) is 3.97. The molecule has 0 spiro atoms. The number of benzene rings is 1. The van der Waals surface area contributed by atoms with Crippen molar-refractivity contribution in [3.63, 3.8) is 0 Å². The van der Waals surface area contributed by atoms with Crippen molar-refractivity contribution in [3.05, 3.63) is 23.8 Å². The summed E-state index contributed by atoms with van der Waals surface area (Å²) in [6.07, 6.45) is 4.66. The molecule has 2 aliphatic heterocycles. The molecule has 0 radical (unpaired) electrons. The largest absolute Gasteiger partial charge is 0.486 e. The van der Waals surface area contributed by atoms with Gasteiger partial charge in [0.15, 0.2) is 0 Å². The van der Waals surface area contributed by atoms with Crippen LogP contribution in [0.1, 0.15) is 31.7 Å². The summed E-state index contributed by atoms with van der Waals surface area (Å²) in [5.41, 5.74) is 2.56. The smallest absolute Gasteiger partial charge is 0.125 e. The second-order valence-electron chi connectivity index (χ2n) is 5.64. The van der Waals surface area contributed by atoms with Crippen molar-refractivity contribution in [2.75, 3.05) is 25.0 Å². The van der Waals surface area contributed by atoms with Crippen molar-refractivity contribution in [1.29, 1.82) is 0 Å². The van der Waals surface area contributed by atoms with Crippen LogP contribution in [-0.2, 0) is 6.42 Å². The van der Waals surface area contributed by atoms with Gasteiger partial charge in [0.1, 0.15) is 11.4 Å². The number of rotatable bonds is 2. The van der Waals surface area contributed by atoms with Crippen molar-refractivity contribution in [2.45, 2.75) is 38.2 Å². The maximum Gasteiger partial charge on any atom is 0.125 e. The van der Waals surface area contributed by atoms with Crippen LogP contribution >= 0.6 is 0 Å². The van der Waals surface area contributed by atoms with Gasteiger partial charge in [-0.1, -0.05) is 6.07 Å². The lowest BCUT2D eigenvalue weighted by molar-refractivity contribution is 0.0604. The van der Waals surface area contributed by atoms with Crippen LogP contribution in [0, 0.1) is 0 Å². The van der Waals surface area contributed by atoms with E-state index in [4.69, 9.17) is 4.74 Å². The average Bonchev–Trinajstić information content (AvgIpc) is 2.40. The molecule has 3 rings (SSSR count). The molecular formula is C15H22N2O. The lowest BCUT2D eigenvalue weighted by Crippen LogP contribution is -2.47. The minimum atomic E-state index is -0.0508. The highest BCUT2D eigenvalue weighted by atomic mass is 16.5. The zero-order chi connectivity index (χ0) is 12.4. The molecule has 2 aliphatic rings. The van der Waals surface area contributed by atoms with Gasteiger partial charge in [0.05, 0.1) is 0 Å². The Hall–Kier alpha value is -1.22. The monoisotopic (exact) mass is 246 g/mol. The lowest BCUT2D eigenvalue weighted by atomic mass is 9.95. The second kappa shape index (κ2) is 4.81. The Balaban J connectivity index is 1.83. The van der Waals surface area contributed by atoms with Crippen LogP contribution in [0.4, 0.5) is 5.69 Å². The summed E-state index contributed by atoms with van der Waals surface area (Å²) >= 11 is 0. The van der Waals surface area contributed by atoms with Gasteiger partial charge in [0.25, 0.3) is 0 Å². The molecule has 1 aromatic rings. The summed E-state index contributed by atoms with van der Waals surface area (Å²) < 4.78 is 6.34.